The van der Waals surface area contributed by atoms with Crippen LogP contribution in [-0.2, 0) is 9.47 Å². The molecule has 0 bridgehead atoms. The number of halogens is 1. The zero-order chi connectivity index (χ0) is 19.4. The Labute approximate surface area is 163 Å². The Kier molecular flexibility index (Phi) is 5.56. The summed E-state index contributed by atoms with van der Waals surface area (Å²) in [6, 6.07) is 13.6. The maximum absolute atomic E-state index is 11.7. The van der Waals surface area contributed by atoms with Crippen molar-refractivity contribution in [3.63, 3.8) is 0 Å². The molecule has 3 aromatic rings. The van der Waals surface area contributed by atoms with Crippen LogP contribution in [0.5, 0.6) is 0 Å². The molecule has 7 nitrogen and oxygen atoms in total. The Bertz CT molecular complexity index is 946. The van der Waals surface area contributed by atoms with E-state index < -0.39 is 11.9 Å². The Morgan fingerprint density at radius 1 is 0.741 bits per heavy atom. The first kappa shape index (κ1) is 18.7. The first-order chi connectivity index (χ1) is 13.0. The molecule has 0 saturated carbocycles. The minimum atomic E-state index is -0.528. The highest BCUT2D eigenvalue weighted by Crippen LogP contribution is 2.26. The molecule has 0 aliphatic rings. The molecule has 3 heterocycles. The van der Waals surface area contributed by atoms with Crippen LogP contribution in [0, 0.1) is 0 Å². The molecule has 0 aliphatic carbocycles. The molecule has 0 spiro atoms. The molecular formula is C19H14BrN3O4. The summed E-state index contributed by atoms with van der Waals surface area (Å²) in [5.41, 5.74) is 2.45. The number of rotatable bonds is 4. The van der Waals surface area contributed by atoms with Crippen LogP contribution < -0.4 is 0 Å². The number of methoxy groups -OCH3 is 2. The van der Waals surface area contributed by atoms with Crippen LogP contribution in [0.1, 0.15) is 21.0 Å². The molecule has 0 aromatic carbocycles. The number of nitrogens with zero attached hydrogens (tertiary/aromatic N) is 3. The highest BCUT2D eigenvalue weighted by molar-refractivity contribution is 9.10. The second-order valence-electron chi connectivity index (χ2n) is 5.36. The number of aromatic nitrogens is 3. The monoisotopic (exact) mass is 427 g/mol. The maximum Gasteiger partial charge on any atom is 0.356 e. The zero-order valence-electron chi connectivity index (χ0n) is 14.5. The number of ether oxygens (including phenoxy) is 2. The molecule has 8 heteroatoms. The first-order valence-electron chi connectivity index (χ1n) is 7.81. The maximum atomic E-state index is 11.7. The lowest BCUT2D eigenvalue weighted by molar-refractivity contribution is 0.0585. The summed E-state index contributed by atoms with van der Waals surface area (Å²) in [6.07, 6.45) is 0. The van der Waals surface area contributed by atoms with Crippen molar-refractivity contribution < 1.29 is 19.1 Å². The SMILES string of the molecule is COC(=O)c1cccc(-c2cc(Br)cc(-c3cccc(C(=O)OC)n3)n2)n1. The molecule has 0 atom stereocenters. The molecule has 0 saturated heterocycles. The van der Waals surface area contributed by atoms with Crippen LogP contribution >= 0.6 is 15.9 Å². The number of pyridine rings is 3. The van der Waals surface area contributed by atoms with Gasteiger partial charge in [-0.05, 0) is 36.4 Å². The minimum absolute atomic E-state index is 0.184. The van der Waals surface area contributed by atoms with Gasteiger partial charge in [0.05, 0.1) is 37.0 Å². The third-order valence-corrected chi connectivity index (χ3v) is 4.06. The fraction of sp³-hybridized carbons (Fsp3) is 0.105. The van der Waals surface area contributed by atoms with E-state index in [1.165, 1.54) is 14.2 Å². The predicted molar refractivity (Wildman–Crippen MR) is 101 cm³/mol. The fourth-order valence-corrected chi connectivity index (χ4v) is 2.78. The smallest absolute Gasteiger partial charge is 0.356 e. The van der Waals surface area contributed by atoms with Crippen LogP contribution in [-0.4, -0.2) is 41.1 Å². The van der Waals surface area contributed by atoms with E-state index in [9.17, 15) is 9.59 Å². The van der Waals surface area contributed by atoms with E-state index in [1.54, 1.807) is 48.5 Å². The van der Waals surface area contributed by atoms with Gasteiger partial charge in [0.15, 0.2) is 0 Å². The number of carbonyl (C=O) groups excluding carboxylic acids is 2. The number of carbonyl (C=O) groups is 2. The van der Waals surface area contributed by atoms with E-state index in [-0.39, 0.29) is 11.4 Å². The van der Waals surface area contributed by atoms with Crippen molar-refractivity contribution >= 4 is 27.9 Å². The minimum Gasteiger partial charge on any atom is -0.464 e. The zero-order valence-corrected chi connectivity index (χ0v) is 16.1. The van der Waals surface area contributed by atoms with E-state index in [1.807, 2.05) is 0 Å². The highest BCUT2D eigenvalue weighted by atomic mass is 79.9. The van der Waals surface area contributed by atoms with Gasteiger partial charge in [-0.25, -0.2) is 24.5 Å². The van der Waals surface area contributed by atoms with Crippen molar-refractivity contribution in [2.24, 2.45) is 0 Å². The van der Waals surface area contributed by atoms with Crippen molar-refractivity contribution in [1.82, 2.24) is 15.0 Å². The lowest BCUT2D eigenvalue weighted by Crippen LogP contribution is -2.05. The second-order valence-corrected chi connectivity index (χ2v) is 6.27. The van der Waals surface area contributed by atoms with Gasteiger partial charge < -0.3 is 9.47 Å². The Morgan fingerprint density at radius 2 is 1.19 bits per heavy atom. The van der Waals surface area contributed by atoms with Gasteiger partial charge in [0.25, 0.3) is 0 Å². The van der Waals surface area contributed by atoms with Gasteiger partial charge in [-0.3, -0.25) is 0 Å². The van der Waals surface area contributed by atoms with Crippen molar-refractivity contribution in [3.05, 3.63) is 64.4 Å². The summed E-state index contributed by atoms with van der Waals surface area (Å²) < 4.78 is 10.2. The summed E-state index contributed by atoms with van der Waals surface area (Å²) >= 11 is 3.45. The van der Waals surface area contributed by atoms with E-state index in [0.717, 1.165) is 4.47 Å². The molecular weight excluding hydrogens is 414 g/mol. The molecule has 3 rings (SSSR count). The largest absolute Gasteiger partial charge is 0.464 e. The Morgan fingerprint density at radius 3 is 1.59 bits per heavy atom. The van der Waals surface area contributed by atoms with Crippen molar-refractivity contribution in [1.29, 1.82) is 0 Å². The standard InChI is InChI=1S/C19H14BrN3O4/c1-26-18(24)14-7-3-5-12(21-14)16-9-11(20)10-17(23-16)13-6-4-8-15(22-13)19(25)27-2/h3-10H,1-2H3. The number of hydrogen-bond donors (Lipinski definition) is 0. The summed E-state index contributed by atoms with van der Waals surface area (Å²) in [4.78, 5) is 36.6. The van der Waals surface area contributed by atoms with Crippen molar-refractivity contribution in [3.8, 4) is 22.8 Å². The van der Waals surface area contributed by atoms with Gasteiger partial charge in [0.2, 0.25) is 0 Å². The average Bonchev–Trinajstić information content (AvgIpc) is 2.72. The first-order valence-corrected chi connectivity index (χ1v) is 8.60. The summed E-state index contributed by atoms with van der Waals surface area (Å²) in [7, 11) is 2.60. The highest BCUT2D eigenvalue weighted by Gasteiger charge is 2.13. The third kappa shape index (κ3) is 4.17. The van der Waals surface area contributed by atoms with Gasteiger partial charge >= 0.3 is 11.9 Å². The van der Waals surface area contributed by atoms with E-state index in [0.29, 0.717) is 22.8 Å². The predicted octanol–water partition coefficient (Wildman–Crippen LogP) is 3.54. The third-order valence-electron chi connectivity index (χ3n) is 3.60. The van der Waals surface area contributed by atoms with Crippen molar-refractivity contribution in [2.75, 3.05) is 14.2 Å². The van der Waals surface area contributed by atoms with Gasteiger partial charge in [-0.15, -0.1) is 0 Å². The van der Waals surface area contributed by atoms with Crippen LogP contribution in [0.4, 0.5) is 0 Å². The Balaban J connectivity index is 2.06. The lowest BCUT2D eigenvalue weighted by Gasteiger charge is -2.08. The number of hydrogen-bond acceptors (Lipinski definition) is 7. The van der Waals surface area contributed by atoms with Crippen LogP contribution in [0.3, 0.4) is 0 Å². The second kappa shape index (κ2) is 8.05. The summed E-state index contributed by atoms with van der Waals surface area (Å²) in [6.45, 7) is 0. The normalized spacial score (nSPS) is 10.3. The molecule has 27 heavy (non-hydrogen) atoms. The molecule has 136 valence electrons. The Hall–Kier alpha value is -3.13. The molecule has 0 N–H and O–H groups in total. The summed E-state index contributed by atoms with van der Waals surface area (Å²) in [5.74, 6) is -1.06. The lowest BCUT2D eigenvalue weighted by atomic mass is 10.2. The topological polar surface area (TPSA) is 91.3 Å². The van der Waals surface area contributed by atoms with E-state index in [4.69, 9.17) is 9.47 Å². The van der Waals surface area contributed by atoms with Gasteiger partial charge in [0.1, 0.15) is 11.4 Å². The molecule has 0 amide bonds. The van der Waals surface area contributed by atoms with Gasteiger partial charge in [0, 0.05) is 4.47 Å². The van der Waals surface area contributed by atoms with Gasteiger partial charge in [-0.1, -0.05) is 28.1 Å². The molecule has 0 unspecified atom stereocenters. The molecule has 0 radical (unpaired) electrons. The van der Waals surface area contributed by atoms with E-state index >= 15 is 0 Å². The average molecular weight is 428 g/mol. The van der Waals surface area contributed by atoms with Crippen LogP contribution in [0.2, 0.25) is 0 Å². The molecule has 0 fully saturated rings. The van der Waals surface area contributed by atoms with Crippen LogP contribution in [0.15, 0.2) is 53.0 Å². The molecule has 3 aromatic heterocycles. The van der Waals surface area contributed by atoms with Crippen LogP contribution in [0.25, 0.3) is 22.8 Å². The number of esters is 2. The van der Waals surface area contributed by atoms with Crippen molar-refractivity contribution in [2.45, 2.75) is 0 Å². The summed E-state index contributed by atoms with van der Waals surface area (Å²) in [5, 5.41) is 0. The molecule has 0 aliphatic heterocycles. The van der Waals surface area contributed by atoms with Gasteiger partial charge in [-0.2, -0.15) is 0 Å². The quantitative estimate of drug-likeness (QED) is 0.587. The van der Waals surface area contributed by atoms with E-state index in [2.05, 4.69) is 30.9 Å². The fourth-order valence-electron chi connectivity index (χ4n) is 2.35.